The van der Waals surface area contributed by atoms with Crippen LogP contribution < -0.4 is 0 Å². The number of aliphatic hydroxyl groups is 2. The van der Waals surface area contributed by atoms with Gasteiger partial charge < -0.3 is 33.9 Å². The summed E-state index contributed by atoms with van der Waals surface area (Å²) in [4.78, 5) is 0. The van der Waals surface area contributed by atoms with Crippen molar-refractivity contribution < 1.29 is 33.9 Å². The quantitative estimate of drug-likeness (QED) is 0.781. The SMILES string of the molecule is CO[C@@H]1O[C@H](CC[C@@H]2C[C@H]3OC(C)(C)O[C@H]3O2)[C@H](O)C[C@@H]1O. The van der Waals surface area contributed by atoms with Gasteiger partial charge in [0, 0.05) is 20.0 Å². The highest BCUT2D eigenvalue weighted by atomic mass is 16.8. The van der Waals surface area contributed by atoms with Gasteiger partial charge in [-0.05, 0) is 26.7 Å². The van der Waals surface area contributed by atoms with E-state index in [1.807, 2.05) is 13.8 Å². The summed E-state index contributed by atoms with van der Waals surface area (Å²) in [5.41, 5.74) is 0. The van der Waals surface area contributed by atoms with Gasteiger partial charge in [-0.15, -0.1) is 0 Å². The van der Waals surface area contributed by atoms with E-state index in [4.69, 9.17) is 23.7 Å². The number of hydrogen-bond donors (Lipinski definition) is 2. The van der Waals surface area contributed by atoms with Gasteiger partial charge in [0.2, 0.25) is 0 Å². The minimum Gasteiger partial charge on any atom is -0.390 e. The number of fused-ring (bicyclic) bond motifs is 1. The van der Waals surface area contributed by atoms with E-state index in [2.05, 4.69) is 0 Å². The molecular weight excluding hydrogens is 292 g/mol. The van der Waals surface area contributed by atoms with Crippen molar-refractivity contribution >= 4 is 0 Å². The molecule has 0 saturated carbocycles. The zero-order chi connectivity index (χ0) is 15.9. The molecule has 0 aliphatic carbocycles. The molecule has 0 unspecified atom stereocenters. The van der Waals surface area contributed by atoms with Gasteiger partial charge in [0.25, 0.3) is 0 Å². The highest BCUT2D eigenvalue weighted by Crippen LogP contribution is 2.38. The van der Waals surface area contributed by atoms with E-state index in [0.717, 1.165) is 12.8 Å². The van der Waals surface area contributed by atoms with E-state index in [1.54, 1.807) is 0 Å². The third-order valence-corrected chi connectivity index (χ3v) is 4.50. The van der Waals surface area contributed by atoms with Crippen molar-refractivity contribution in [2.24, 2.45) is 0 Å². The molecule has 0 amide bonds. The largest absolute Gasteiger partial charge is 0.390 e. The third kappa shape index (κ3) is 3.46. The average Bonchev–Trinajstić information content (AvgIpc) is 2.90. The van der Waals surface area contributed by atoms with Crippen molar-refractivity contribution in [1.29, 1.82) is 0 Å². The molecule has 3 saturated heterocycles. The van der Waals surface area contributed by atoms with Gasteiger partial charge in [0.05, 0.1) is 18.3 Å². The van der Waals surface area contributed by atoms with Crippen LogP contribution in [-0.4, -0.2) is 66.2 Å². The molecule has 0 aromatic carbocycles. The molecule has 3 fully saturated rings. The summed E-state index contributed by atoms with van der Waals surface area (Å²) in [6.45, 7) is 3.76. The minimum absolute atomic E-state index is 0.0225. The molecule has 0 bridgehead atoms. The van der Waals surface area contributed by atoms with Crippen LogP contribution in [0.4, 0.5) is 0 Å². The van der Waals surface area contributed by atoms with Crippen LogP contribution in [0.3, 0.4) is 0 Å². The van der Waals surface area contributed by atoms with Crippen molar-refractivity contribution in [3.63, 3.8) is 0 Å². The highest BCUT2D eigenvalue weighted by Gasteiger charge is 2.48. The molecule has 0 spiro atoms. The maximum Gasteiger partial charge on any atom is 0.187 e. The molecule has 0 aromatic heterocycles. The van der Waals surface area contributed by atoms with Gasteiger partial charge in [-0.1, -0.05) is 0 Å². The Balaban J connectivity index is 1.46. The molecule has 0 aromatic rings. The monoisotopic (exact) mass is 318 g/mol. The summed E-state index contributed by atoms with van der Waals surface area (Å²) in [6, 6.07) is 0. The average molecular weight is 318 g/mol. The van der Waals surface area contributed by atoms with Crippen LogP contribution in [0.15, 0.2) is 0 Å². The molecule has 22 heavy (non-hydrogen) atoms. The van der Waals surface area contributed by atoms with E-state index < -0.39 is 24.3 Å². The Hall–Kier alpha value is -0.280. The molecule has 0 radical (unpaired) electrons. The zero-order valence-electron chi connectivity index (χ0n) is 13.3. The molecule has 3 rings (SSSR count). The van der Waals surface area contributed by atoms with Crippen LogP contribution in [0.5, 0.6) is 0 Å². The van der Waals surface area contributed by atoms with E-state index in [0.29, 0.717) is 6.42 Å². The van der Waals surface area contributed by atoms with Crippen LogP contribution in [0.2, 0.25) is 0 Å². The van der Waals surface area contributed by atoms with Gasteiger partial charge in [0.15, 0.2) is 18.4 Å². The van der Waals surface area contributed by atoms with Crippen molar-refractivity contribution in [2.45, 2.75) is 88.4 Å². The first-order valence-corrected chi connectivity index (χ1v) is 7.93. The van der Waals surface area contributed by atoms with E-state index in [-0.39, 0.29) is 31.0 Å². The van der Waals surface area contributed by atoms with Gasteiger partial charge in [0.1, 0.15) is 12.2 Å². The maximum absolute atomic E-state index is 10.0. The van der Waals surface area contributed by atoms with Gasteiger partial charge in [-0.3, -0.25) is 0 Å². The van der Waals surface area contributed by atoms with E-state index >= 15 is 0 Å². The Labute approximate surface area is 130 Å². The lowest BCUT2D eigenvalue weighted by Crippen LogP contribution is -2.48. The fraction of sp³-hybridized carbons (Fsp3) is 1.00. The lowest BCUT2D eigenvalue weighted by molar-refractivity contribution is -0.258. The summed E-state index contributed by atoms with van der Waals surface area (Å²) in [5, 5.41) is 19.8. The lowest BCUT2D eigenvalue weighted by atomic mass is 9.97. The van der Waals surface area contributed by atoms with Crippen molar-refractivity contribution in [1.82, 2.24) is 0 Å². The standard InChI is InChI=1S/C15H26O7/c1-15(2)21-12-6-8(19-14(12)22-15)4-5-11-9(16)7-10(17)13(18-3)20-11/h8-14,16-17H,4-7H2,1-3H3/t8-,9-,10+,11-,12-,13-,14-/m1/s1. The lowest BCUT2D eigenvalue weighted by Gasteiger charge is -2.36. The normalized spacial score (nSPS) is 47.6. The first kappa shape index (κ1) is 16.6. The highest BCUT2D eigenvalue weighted by molar-refractivity contribution is 4.87. The molecule has 2 N–H and O–H groups in total. The second-order valence-corrected chi connectivity index (χ2v) is 6.76. The topological polar surface area (TPSA) is 86.6 Å². The smallest absolute Gasteiger partial charge is 0.187 e. The van der Waals surface area contributed by atoms with Gasteiger partial charge in [-0.2, -0.15) is 0 Å². The summed E-state index contributed by atoms with van der Waals surface area (Å²) in [7, 11) is 1.49. The Kier molecular flexibility index (Phi) is 4.76. The predicted molar refractivity (Wildman–Crippen MR) is 74.8 cm³/mol. The van der Waals surface area contributed by atoms with E-state index in [9.17, 15) is 10.2 Å². The Morgan fingerprint density at radius 3 is 2.50 bits per heavy atom. The second-order valence-electron chi connectivity index (χ2n) is 6.76. The van der Waals surface area contributed by atoms with Gasteiger partial charge in [-0.25, -0.2) is 0 Å². The minimum atomic E-state index is -0.789. The fourth-order valence-electron chi connectivity index (χ4n) is 3.46. The zero-order valence-corrected chi connectivity index (χ0v) is 13.3. The van der Waals surface area contributed by atoms with Crippen LogP contribution >= 0.6 is 0 Å². The van der Waals surface area contributed by atoms with Crippen molar-refractivity contribution in [3.05, 3.63) is 0 Å². The van der Waals surface area contributed by atoms with Crippen LogP contribution in [-0.2, 0) is 23.7 Å². The summed E-state index contributed by atoms with van der Waals surface area (Å²) >= 11 is 0. The number of rotatable bonds is 4. The molecule has 3 heterocycles. The van der Waals surface area contributed by atoms with Crippen molar-refractivity contribution in [2.75, 3.05) is 7.11 Å². The van der Waals surface area contributed by atoms with E-state index in [1.165, 1.54) is 7.11 Å². The molecule has 7 heteroatoms. The Morgan fingerprint density at radius 1 is 1.05 bits per heavy atom. The Bertz CT molecular complexity index is 372. The maximum atomic E-state index is 10.0. The van der Waals surface area contributed by atoms with Crippen LogP contribution in [0, 0.1) is 0 Å². The fourth-order valence-corrected chi connectivity index (χ4v) is 3.46. The third-order valence-electron chi connectivity index (χ3n) is 4.50. The second kappa shape index (κ2) is 6.32. The van der Waals surface area contributed by atoms with Crippen molar-refractivity contribution in [3.8, 4) is 0 Å². The summed E-state index contributed by atoms with van der Waals surface area (Å²) < 4.78 is 28.0. The number of aliphatic hydroxyl groups excluding tert-OH is 2. The molecular formula is C15H26O7. The van der Waals surface area contributed by atoms with Gasteiger partial charge >= 0.3 is 0 Å². The summed E-state index contributed by atoms with van der Waals surface area (Å²) in [5.74, 6) is -0.579. The summed E-state index contributed by atoms with van der Waals surface area (Å²) in [6.07, 6.45) is -0.355. The molecule has 3 aliphatic heterocycles. The molecule has 7 atom stereocenters. The Morgan fingerprint density at radius 2 is 1.82 bits per heavy atom. The first-order valence-electron chi connectivity index (χ1n) is 7.93. The first-order chi connectivity index (χ1) is 10.4. The predicted octanol–water partition coefficient (Wildman–Crippen LogP) is 0.516. The van der Waals surface area contributed by atoms with Crippen LogP contribution in [0.25, 0.3) is 0 Å². The number of hydrogen-bond acceptors (Lipinski definition) is 7. The molecule has 7 nitrogen and oxygen atoms in total. The molecule has 128 valence electrons. The number of ether oxygens (including phenoxy) is 5. The number of methoxy groups -OCH3 is 1. The van der Waals surface area contributed by atoms with Crippen LogP contribution in [0.1, 0.15) is 39.5 Å². The molecule has 3 aliphatic rings.